The van der Waals surface area contributed by atoms with Gasteiger partial charge in [0, 0.05) is 11.4 Å². The van der Waals surface area contributed by atoms with Gasteiger partial charge in [0.15, 0.2) is 0 Å². The minimum Gasteiger partial charge on any atom is -0.387 e. The first-order valence-corrected chi connectivity index (χ1v) is 9.02. The Hall–Kier alpha value is -2.52. The number of carbonyl (C=O) groups excluding carboxylic acids is 2. The Bertz CT molecular complexity index is 810. The second kappa shape index (κ2) is 8.92. The molecule has 0 aliphatic carbocycles. The number of thioether (sulfide) groups is 1. The fourth-order valence-corrected chi connectivity index (χ4v) is 2.64. The molecule has 0 aliphatic rings. The lowest BCUT2D eigenvalue weighted by Crippen LogP contribution is -2.38. The maximum atomic E-state index is 12.9. The van der Waals surface area contributed by atoms with Crippen LogP contribution in [-0.2, 0) is 15.8 Å². The molecule has 0 aromatic heterocycles. The van der Waals surface area contributed by atoms with E-state index in [1.165, 1.54) is 23.9 Å². The van der Waals surface area contributed by atoms with Crippen LogP contribution in [0.5, 0.6) is 0 Å². The van der Waals surface area contributed by atoms with Crippen molar-refractivity contribution in [3.63, 3.8) is 0 Å². The summed E-state index contributed by atoms with van der Waals surface area (Å²) in [6, 6.07) is 11.3. The third kappa shape index (κ3) is 5.73. The molecule has 2 aromatic carbocycles. The Labute approximate surface area is 158 Å². The number of alkyl halides is 3. The maximum absolute atomic E-state index is 12.9. The van der Waals surface area contributed by atoms with Crippen molar-refractivity contribution in [3.05, 3.63) is 59.7 Å². The molecule has 0 fully saturated rings. The van der Waals surface area contributed by atoms with Crippen molar-refractivity contribution in [2.24, 2.45) is 0 Å². The van der Waals surface area contributed by atoms with Gasteiger partial charge in [-0.2, -0.15) is 13.2 Å². The van der Waals surface area contributed by atoms with Gasteiger partial charge in [0.2, 0.25) is 0 Å². The minimum atomic E-state index is -4.67. The van der Waals surface area contributed by atoms with E-state index >= 15 is 0 Å². The van der Waals surface area contributed by atoms with Gasteiger partial charge in [-0.25, -0.2) is 0 Å². The molecular weight excluding hydrogens is 381 g/mol. The number of hydrogen-bond donors (Lipinski definition) is 3. The van der Waals surface area contributed by atoms with Gasteiger partial charge >= 0.3 is 18.0 Å². The molecule has 0 saturated heterocycles. The van der Waals surface area contributed by atoms with Gasteiger partial charge in [0.25, 0.3) is 0 Å². The lowest BCUT2D eigenvalue weighted by molar-refractivity contribution is -0.138. The zero-order valence-corrected chi connectivity index (χ0v) is 15.0. The van der Waals surface area contributed by atoms with Crippen LogP contribution in [0.3, 0.4) is 0 Å². The van der Waals surface area contributed by atoms with E-state index in [0.717, 1.165) is 17.0 Å². The zero-order valence-electron chi connectivity index (χ0n) is 14.2. The van der Waals surface area contributed by atoms with Gasteiger partial charge in [-0.3, -0.25) is 9.59 Å². The molecular formula is C18H17F3N2O3S. The standard InChI is InChI=1S/C18H17F3N2O3S/c1-27-12-8-6-11(7-9-12)15(24)10-22-16(25)17(26)23-14-5-3-2-4-13(14)18(19,20)21/h2-9,15,24H,10H2,1H3,(H,22,25)(H,23,26). The van der Waals surface area contributed by atoms with Crippen LogP contribution in [0.25, 0.3) is 0 Å². The lowest BCUT2D eigenvalue weighted by atomic mass is 10.1. The lowest BCUT2D eigenvalue weighted by Gasteiger charge is -2.14. The summed E-state index contributed by atoms with van der Waals surface area (Å²) in [4.78, 5) is 24.7. The van der Waals surface area contributed by atoms with Crippen LogP contribution >= 0.6 is 11.8 Å². The molecule has 3 N–H and O–H groups in total. The average molecular weight is 398 g/mol. The predicted octanol–water partition coefficient (Wildman–Crippen LogP) is 3.22. The molecule has 2 amide bonds. The number of nitrogens with one attached hydrogen (secondary N) is 2. The second-order valence-electron chi connectivity index (χ2n) is 5.50. The number of rotatable bonds is 5. The minimum absolute atomic E-state index is 0.258. The van der Waals surface area contributed by atoms with Crippen molar-refractivity contribution in [1.29, 1.82) is 0 Å². The van der Waals surface area contributed by atoms with Crippen LogP contribution in [-0.4, -0.2) is 29.7 Å². The number of halogens is 3. The highest BCUT2D eigenvalue weighted by molar-refractivity contribution is 7.98. The third-order valence-electron chi connectivity index (χ3n) is 3.64. The number of carbonyl (C=O) groups is 2. The normalized spacial score (nSPS) is 12.3. The van der Waals surface area contributed by atoms with E-state index in [9.17, 15) is 27.9 Å². The molecule has 9 heteroatoms. The number of aliphatic hydroxyl groups is 1. The molecule has 2 rings (SSSR count). The van der Waals surface area contributed by atoms with Crippen molar-refractivity contribution in [2.75, 3.05) is 18.1 Å². The summed E-state index contributed by atoms with van der Waals surface area (Å²) in [5.41, 5.74) is -1.03. The summed E-state index contributed by atoms with van der Waals surface area (Å²) in [7, 11) is 0. The first-order chi connectivity index (χ1) is 12.7. The highest BCUT2D eigenvalue weighted by Crippen LogP contribution is 2.34. The summed E-state index contributed by atoms with van der Waals surface area (Å²) < 4.78 is 38.7. The highest BCUT2D eigenvalue weighted by Gasteiger charge is 2.34. The maximum Gasteiger partial charge on any atom is 0.418 e. The molecule has 27 heavy (non-hydrogen) atoms. The van der Waals surface area contributed by atoms with Crippen LogP contribution in [0, 0.1) is 0 Å². The van der Waals surface area contributed by atoms with Crippen molar-refractivity contribution in [1.82, 2.24) is 5.32 Å². The molecule has 0 radical (unpaired) electrons. The second-order valence-corrected chi connectivity index (χ2v) is 6.38. The average Bonchev–Trinajstić information content (AvgIpc) is 2.65. The number of aliphatic hydroxyl groups excluding tert-OH is 1. The molecule has 0 heterocycles. The largest absolute Gasteiger partial charge is 0.418 e. The number of benzene rings is 2. The van der Waals surface area contributed by atoms with Crippen LogP contribution in [0.4, 0.5) is 18.9 Å². The topological polar surface area (TPSA) is 78.4 Å². The van der Waals surface area contributed by atoms with Crippen LogP contribution in [0.15, 0.2) is 53.4 Å². The molecule has 1 atom stereocenters. The van der Waals surface area contributed by atoms with Gasteiger partial charge in [0.05, 0.1) is 17.4 Å². The monoisotopic (exact) mass is 398 g/mol. The van der Waals surface area contributed by atoms with E-state index in [1.807, 2.05) is 11.6 Å². The van der Waals surface area contributed by atoms with Crippen LogP contribution < -0.4 is 10.6 Å². The Balaban J connectivity index is 1.95. The molecule has 2 aromatic rings. The van der Waals surface area contributed by atoms with E-state index in [1.54, 1.807) is 24.3 Å². The number of hydrogen-bond acceptors (Lipinski definition) is 4. The third-order valence-corrected chi connectivity index (χ3v) is 4.39. The molecule has 144 valence electrons. The quantitative estimate of drug-likeness (QED) is 0.534. The van der Waals surface area contributed by atoms with Gasteiger partial charge in [-0.15, -0.1) is 11.8 Å². The summed E-state index contributed by atoms with van der Waals surface area (Å²) in [6.45, 7) is -0.258. The fraction of sp³-hybridized carbons (Fsp3) is 0.222. The van der Waals surface area contributed by atoms with E-state index < -0.39 is 35.3 Å². The fourth-order valence-electron chi connectivity index (χ4n) is 2.23. The molecule has 0 saturated carbocycles. The Kier molecular flexibility index (Phi) is 6.86. The summed E-state index contributed by atoms with van der Waals surface area (Å²) >= 11 is 1.53. The van der Waals surface area contributed by atoms with Crippen molar-refractivity contribution in [2.45, 2.75) is 17.2 Å². The highest BCUT2D eigenvalue weighted by atomic mass is 32.2. The summed E-state index contributed by atoms with van der Waals surface area (Å²) in [5.74, 6) is -2.40. The number of para-hydroxylation sites is 1. The number of anilines is 1. The first-order valence-electron chi connectivity index (χ1n) is 7.79. The molecule has 5 nitrogen and oxygen atoms in total. The molecule has 0 spiro atoms. The van der Waals surface area contributed by atoms with E-state index in [2.05, 4.69) is 5.32 Å². The Morgan fingerprint density at radius 1 is 1.07 bits per heavy atom. The summed E-state index contributed by atoms with van der Waals surface area (Å²) in [6.07, 6.45) is -3.82. The Morgan fingerprint density at radius 2 is 1.70 bits per heavy atom. The smallest absolute Gasteiger partial charge is 0.387 e. The van der Waals surface area contributed by atoms with E-state index in [4.69, 9.17) is 0 Å². The molecule has 1 unspecified atom stereocenters. The van der Waals surface area contributed by atoms with Crippen molar-refractivity contribution in [3.8, 4) is 0 Å². The van der Waals surface area contributed by atoms with Crippen molar-refractivity contribution >= 4 is 29.3 Å². The Morgan fingerprint density at radius 3 is 2.30 bits per heavy atom. The SMILES string of the molecule is CSc1ccc(C(O)CNC(=O)C(=O)Nc2ccccc2C(F)(F)F)cc1. The van der Waals surface area contributed by atoms with Crippen LogP contribution in [0.2, 0.25) is 0 Å². The molecule has 0 bridgehead atoms. The van der Waals surface area contributed by atoms with Crippen LogP contribution in [0.1, 0.15) is 17.2 Å². The molecule has 0 aliphatic heterocycles. The van der Waals surface area contributed by atoms with E-state index in [0.29, 0.717) is 5.56 Å². The summed E-state index contributed by atoms with van der Waals surface area (Å²) in [5, 5.41) is 14.2. The predicted molar refractivity (Wildman–Crippen MR) is 96.3 cm³/mol. The number of amides is 2. The van der Waals surface area contributed by atoms with E-state index in [-0.39, 0.29) is 6.54 Å². The van der Waals surface area contributed by atoms with Crippen molar-refractivity contribution < 1.29 is 27.9 Å². The van der Waals surface area contributed by atoms with Gasteiger partial charge in [-0.1, -0.05) is 24.3 Å². The first kappa shape index (κ1) is 20.8. The zero-order chi connectivity index (χ0) is 20.0. The van der Waals surface area contributed by atoms with Gasteiger partial charge < -0.3 is 15.7 Å². The van der Waals surface area contributed by atoms with Gasteiger partial charge in [0.1, 0.15) is 0 Å². The van der Waals surface area contributed by atoms with Gasteiger partial charge in [-0.05, 0) is 36.1 Å².